The topological polar surface area (TPSA) is 84.9 Å². The van der Waals surface area contributed by atoms with E-state index in [9.17, 15) is 14.4 Å². The first kappa shape index (κ1) is 30.5. The van der Waals surface area contributed by atoms with Gasteiger partial charge in [-0.15, -0.1) is 11.3 Å². The van der Waals surface area contributed by atoms with Crippen LogP contribution < -0.4 is 5.32 Å². The Morgan fingerprint density at radius 2 is 1.71 bits per heavy atom. The van der Waals surface area contributed by atoms with Crippen LogP contribution in [0.3, 0.4) is 0 Å². The number of nitrogens with zero attached hydrogens (tertiary/aromatic N) is 1. The number of carbonyl (C=O) groups excluding carboxylic acids is 3. The largest absolute Gasteiger partial charge is 0.456 e. The highest BCUT2D eigenvalue weighted by Crippen LogP contribution is 2.40. The molecule has 1 amide bonds. The van der Waals surface area contributed by atoms with Crippen molar-refractivity contribution < 1.29 is 23.9 Å². The molecule has 3 aliphatic carbocycles. The standard InChI is InChI=1S/C32H41IN2O5S/c1-32(2,3)40-31(38)27-25-9-4-5-10-26(25)41-29(27)34-28(36)22-8-6-7-20(17-22)18-35(24-15-16-24)23-13-11-21(12-14-23)30(37)39-19-33/h6-8,17,21,23-24H,4-5,9-16,18-19H2,1-3H3,(H,34,36). The summed E-state index contributed by atoms with van der Waals surface area (Å²) in [7, 11) is 0. The monoisotopic (exact) mass is 692 g/mol. The lowest BCUT2D eigenvalue weighted by Gasteiger charge is -2.36. The molecule has 3 aliphatic rings. The summed E-state index contributed by atoms with van der Waals surface area (Å²) in [6, 6.07) is 8.87. The molecule has 1 aromatic carbocycles. The number of thiophene rings is 1. The number of esters is 2. The van der Waals surface area contributed by atoms with Crippen molar-refractivity contribution >= 4 is 56.8 Å². The molecular weight excluding hydrogens is 651 g/mol. The average Bonchev–Trinajstić information content (AvgIpc) is 3.71. The van der Waals surface area contributed by atoms with E-state index in [1.54, 1.807) is 0 Å². The Morgan fingerprint density at radius 3 is 2.37 bits per heavy atom. The minimum atomic E-state index is -0.610. The molecule has 0 atom stereocenters. The fraction of sp³-hybridized carbons (Fsp3) is 0.594. The lowest BCUT2D eigenvalue weighted by molar-refractivity contribution is -0.147. The van der Waals surface area contributed by atoms with Gasteiger partial charge in [0.1, 0.15) is 15.2 Å². The summed E-state index contributed by atoms with van der Waals surface area (Å²) in [4.78, 5) is 42.7. The summed E-state index contributed by atoms with van der Waals surface area (Å²) in [5, 5.41) is 3.67. The molecule has 41 heavy (non-hydrogen) atoms. The van der Waals surface area contributed by atoms with Gasteiger partial charge < -0.3 is 14.8 Å². The zero-order valence-corrected chi connectivity index (χ0v) is 27.3. The molecule has 1 N–H and O–H groups in total. The molecular formula is C32H41IN2O5S. The zero-order chi connectivity index (χ0) is 29.1. The van der Waals surface area contributed by atoms with Crippen molar-refractivity contribution in [2.24, 2.45) is 5.92 Å². The van der Waals surface area contributed by atoms with E-state index in [4.69, 9.17) is 9.47 Å². The van der Waals surface area contributed by atoms with Crippen molar-refractivity contribution in [2.45, 2.75) is 109 Å². The molecule has 1 heterocycles. The number of amides is 1. The minimum absolute atomic E-state index is 0.0163. The Labute approximate surface area is 260 Å². The Kier molecular flexibility index (Phi) is 9.75. The minimum Gasteiger partial charge on any atom is -0.456 e. The smallest absolute Gasteiger partial charge is 0.341 e. The van der Waals surface area contributed by atoms with Crippen LogP contribution in [0.15, 0.2) is 24.3 Å². The maximum atomic E-state index is 13.5. The lowest BCUT2D eigenvalue weighted by atomic mass is 9.85. The second kappa shape index (κ2) is 13.1. The maximum Gasteiger partial charge on any atom is 0.341 e. The molecule has 2 aromatic rings. The van der Waals surface area contributed by atoms with Gasteiger partial charge in [-0.25, -0.2) is 4.79 Å². The van der Waals surface area contributed by atoms with Crippen LogP contribution in [0.1, 0.15) is 109 Å². The van der Waals surface area contributed by atoms with Crippen molar-refractivity contribution in [3.8, 4) is 0 Å². The first-order valence-corrected chi connectivity index (χ1v) is 17.2. The third-order valence-electron chi connectivity index (χ3n) is 8.27. The van der Waals surface area contributed by atoms with Gasteiger partial charge in [-0.1, -0.05) is 12.1 Å². The van der Waals surface area contributed by atoms with Crippen molar-refractivity contribution in [3.63, 3.8) is 0 Å². The number of hydrogen-bond acceptors (Lipinski definition) is 7. The molecule has 1 aromatic heterocycles. The van der Waals surface area contributed by atoms with E-state index in [2.05, 4.69) is 38.9 Å². The highest BCUT2D eigenvalue weighted by atomic mass is 127. The second-order valence-electron chi connectivity index (χ2n) is 12.6. The molecule has 2 saturated carbocycles. The van der Waals surface area contributed by atoms with Crippen LogP contribution in [0.2, 0.25) is 0 Å². The normalized spacial score (nSPS) is 20.8. The van der Waals surface area contributed by atoms with Gasteiger partial charge in [-0.05, 0) is 131 Å². The number of alkyl halides is 1. The van der Waals surface area contributed by atoms with E-state index in [0.29, 0.717) is 32.8 Å². The van der Waals surface area contributed by atoms with Gasteiger partial charge >= 0.3 is 11.9 Å². The van der Waals surface area contributed by atoms with E-state index in [1.807, 2.05) is 39.0 Å². The van der Waals surface area contributed by atoms with E-state index >= 15 is 0 Å². The van der Waals surface area contributed by atoms with Crippen molar-refractivity contribution in [1.82, 2.24) is 4.90 Å². The Bertz CT molecular complexity index is 1270. The van der Waals surface area contributed by atoms with Crippen LogP contribution in [0.25, 0.3) is 0 Å². The third-order valence-corrected chi connectivity index (χ3v) is 9.79. The van der Waals surface area contributed by atoms with Gasteiger partial charge in [0.25, 0.3) is 5.91 Å². The predicted octanol–water partition coefficient (Wildman–Crippen LogP) is 7.29. The molecule has 2 fully saturated rings. The number of rotatable bonds is 9. The molecule has 9 heteroatoms. The van der Waals surface area contributed by atoms with Crippen LogP contribution in [0.4, 0.5) is 5.00 Å². The highest BCUT2D eigenvalue weighted by molar-refractivity contribution is 14.1. The Balaban J connectivity index is 1.28. The summed E-state index contributed by atoms with van der Waals surface area (Å²) in [6.45, 7) is 6.38. The number of nitrogens with one attached hydrogen (secondary N) is 1. The van der Waals surface area contributed by atoms with Gasteiger partial charge in [0, 0.05) is 29.1 Å². The van der Waals surface area contributed by atoms with Crippen LogP contribution >= 0.6 is 33.9 Å². The van der Waals surface area contributed by atoms with Crippen LogP contribution in [-0.4, -0.2) is 45.0 Å². The number of benzene rings is 1. The zero-order valence-electron chi connectivity index (χ0n) is 24.3. The summed E-state index contributed by atoms with van der Waals surface area (Å²) < 4.78 is 11.4. The van der Waals surface area contributed by atoms with Crippen molar-refractivity contribution in [2.75, 3.05) is 9.93 Å². The molecule has 222 valence electrons. The first-order valence-electron chi connectivity index (χ1n) is 14.9. The molecule has 0 bridgehead atoms. The number of hydrogen-bond donors (Lipinski definition) is 1. The fourth-order valence-electron chi connectivity index (χ4n) is 6.17. The number of ether oxygens (including phenoxy) is 2. The van der Waals surface area contributed by atoms with E-state index in [-0.39, 0.29) is 23.8 Å². The van der Waals surface area contributed by atoms with E-state index in [1.165, 1.54) is 29.1 Å². The number of aryl methyl sites for hydroxylation is 1. The Hall–Kier alpha value is -1.98. The molecule has 0 saturated heterocycles. The number of anilines is 1. The maximum absolute atomic E-state index is 13.5. The molecule has 0 radical (unpaired) electrons. The highest BCUT2D eigenvalue weighted by Gasteiger charge is 2.37. The van der Waals surface area contributed by atoms with Gasteiger partial charge in [0.05, 0.1) is 11.5 Å². The van der Waals surface area contributed by atoms with Gasteiger partial charge in [0.2, 0.25) is 0 Å². The molecule has 0 spiro atoms. The van der Waals surface area contributed by atoms with Crippen molar-refractivity contribution in [1.29, 1.82) is 0 Å². The van der Waals surface area contributed by atoms with Gasteiger partial charge in [-0.3, -0.25) is 14.5 Å². The second-order valence-corrected chi connectivity index (χ2v) is 14.3. The van der Waals surface area contributed by atoms with E-state index in [0.717, 1.165) is 69.0 Å². The third kappa shape index (κ3) is 7.70. The van der Waals surface area contributed by atoms with E-state index < -0.39 is 5.60 Å². The number of fused-ring (bicyclic) bond motifs is 1. The SMILES string of the molecule is CC(C)(C)OC(=O)c1c(NC(=O)c2cccc(CN(C3CCC(C(=O)OCI)CC3)C3CC3)c2)sc2c1CCCC2. The summed E-state index contributed by atoms with van der Waals surface area (Å²) in [5.41, 5.74) is 2.65. The summed E-state index contributed by atoms with van der Waals surface area (Å²) in [5.74, 6) is -0.612. The average molecular weight is 693 g/mol. The van der Waals surface area contributed by atoms with Crippen molar-refractivity contribution in [3.05, 3.63) is 51.4 Å². The van der Waals surface area contributed by atoms with Crippen LogP contribution in [0, 0.1) is 5.92 Å². The predicted molar refractivity (Wildman–Crippen MR) is 170 cm³/mol. The Morgan fingerprint density at radius 1 is 1.02 bits per heavy atom. The quantitative estimate of drug-likeness (QED) is 0.169. The first-order chi connectivity index (χ1) is 19.6. The van der Waals surface area contributed by atoms with Crippen LogP contribution in [-0.2, 0) is 33.7 Å². The molecule has 5 rings (SSSR count). The molecule has 7 nitrogen and oxygen atoms in total. The fourth-order valence-corrected chi connectivity index (χ4v) is 7.75. The summed E-state index contributed by atoms with van der Waals surface area (Å²) >= 11 is 3.59. The number of carbonyl (C=O) groups is 3. The van der Waals surface area contributed by atoms with Crippen LogP contribution in [0.5, 0.6) is 0 Å². The molecule has 0 unspecified atom stereocenters. The lowest BCUT2D eigenvalue weighted by Crippen LogP contribution is -2.40. The van der Waals surface area contributed by atoms with Gasteiger partial charge in [-0.2, -0.15) is 0 Å². The number of halogens is 1. The summed E-state index contributed by atoms with van der Waals surface area (Å²) in [6.07, 6.45) is 10.0. The molecule has 0 aliphatic heterocycles. The van der Waals surface area contributed by atoms with Gasteiger partial charge in [0.15, 0.2) is 0 Å².